The molecule has 4 rings (SSSR count). The maximum Gasteiger partial charge on any atom is 0.255 e. The number of nitrogens with one attached hydrogen (secondary N) is 3. The Morgan fingerprint density at radius 1 is 0.781 bits per heavy atom. The normalized spacial score (nSPS) is 11.3. The van der Waals surface area contributed by atoms with Crippen LogP contribution in [0.15, 0.2) is 72.9 Å². The number of carbonyl (C=O) groups is 2. The number of aromatic amines is 1. The van der Waals surface area contributed by atoms with Crippen molar-refractivity contribution < 1.29 is 14.7 Å². The minimum atomic E-state index is -0.334. The highest BCUT2D eigenvalue weighted by Gasteiger charge is 2.16. The van der Waals surface area contributed by atoms with Gasteiger partial charge in [-0.2, -0.15) is 0 Å². The van der Waals surface area contributed by atoms with Crippen molar-refractivity contribution in [3.63, 3.8) is 0 Å². The van der Waals surface area contributed by atoms with Crippen LogP contribution in [0.25, 0.3) is 10.9 Å². The molecule has 4 aromatic rings. The lowest BCUT2D eigenvalue weighted by atomic mass is 9.87. The van der Waals surface area contributed by atoms with Gasteiger partial charge in [0.25, 0.3) is 11.8 Å². The fourth-order valence-corrected chi connectivity index (χ4v) is 3.44. The molecule has 0 aliphatic heterocycles. The van der Waals surface area contributed by atoms with Crippen molar-refractivity contribution >= 4 is 34.1 Å². The van der Waals surface area contributed by atoms with Crippen LogP contribution in [-0.2, 0) is 5.41 Å². The van der Waals surface area contributed by atoms with Crippen LogP contribution in [0.3, 0.4) is 0 Å². The quantitative estimate of drug-likeness (QED) is 0.316. The molecule has 0 saturated heterocycles. The van der Waals surface area contributed by atoms with Gasteiger partial charge in [-0.05, 0) is 58.8 Å². The van der Waals surface area contributed by atoms with Crippen molar-refractivity contribution in [1.29, 1.82) is 0 Å². The summed E-state index contributed by atoms with van der Waals surface area (Å²) in [5.74, 6) is -0.675. The van der Waals surface area contributed by atoms with Crippen LogP contribution in [0.5, 0.6) is 5.75 Å². The van der Waals surface area contributed by atoms with E-state index >= 15 is 0 Å². The second kappa shape index (κ2) is 8.23. The Labute approximate surface area is 186 Å². The van der Waals surface area contributed by atoms with Crippen molar-refractivity contribution in [3.05, 3.63) is 89.6 Å². The Morgan fingerprint density at radius 2 is 1.44 bits per heavy atom. The Hall–Kier alpha value is -4.06. The number of phenols is 1. The Balaban J connectivity index is 1.55. The minimum absolute atomic E-state index is 0.0131. The van der Waals surface area contributed by atoms with E-state index in [9.17, 15) is 14.7 Å². The van der Waals surface area contributed by atoms with Crippen LogP contribution in [0.1, 0.15) is 47.1 Å². The van der Waals surface area contributed by atoms with Gasteiger partial charge in [-0.15, -0.1) is 0 Å². The van der Waals surface area contributed by atoms with Gasteiger partial charge in [0.05, 0.1) is 11.4 Å². The number of H-pyrrole nitrogens is 1. The second-order valence-corrected chi connectivity index (χ2v) is 8.75. The van der Waals surface area contributed by atoms with E-state index in [1.54, 1.807) is 30.3 Å². The van der Waals surface area contributed by atoms with Crippen LogP contribution in [0, 0.1) is 0 Å². The Morgan fingerprint density at radius 3 is 2.16 bits per heavy atom. The summed E-state index contributed by atoms with van der Waals surface area (Å²) < 4.78 is 0. The number of hydrogen-bond donors (Lipinski definition) is 4. The first-order valence-corrected chi connectivity index (χ1v) is 10.3. The van der Waals surface area contributed by atoms with Gasteiger partial charge in [0.1, 0.15) is 5.75 Å². The first-order valence-electron chi connectivity index (χ1n) is 10.3. The summed E-state index contributed by atoms with van der Waals surface area (Å²) in [5.41, 5.74) is 3.62. The highest BCUT2D eigenvalue weighted by molar-refractivity contribution is 6.10. The summed E-state index contributed by atoms with van der Waals surface area (Å²) >= 11 is 0. The summed E-state index contributed by atoms with van der Waals surface area (Å²) in [6.07, 6.45) is 1.81. The van der Waals surface area contributed by atoms with E-state index in [1.807, 2.05) is 30.5 Å². The zero-order valence-electron chi connectivity index (χ0n) is 18.2. The van der Waals surface area contributed by atoms with E-state index in [0.29, 0.717) is 22.5 Å². The molecule has 0 aliphatic rings. The average Bonchev–Trinajstić information content (AvgIpc) is 3.23. The minimum Gasteiger partial charge on any atom is -0.508 e. The number of carbonyl (C=O) groups excluding carboxylic acids is 2. The van der Waals surface area contributed by atoms with E-state index in [4.69, 9.17) is 0 Å². The number of amides is 2. The number of fused-ring (bicyclic) bond motifs is 1. The van der Waals surface area contributed by atoms with E-state index in [0.717, 1.165) is 16.5 Å². The van der Waals surface area contributed by atoms with Gasteiger partial charge < -0.3 is 20.7 Å². The molecular formula is C26H25N3O3. The Bertz CT molecular complexity index is 1300. The highest BCUT2D eigenvalue weighted by Crippen LogP contribution is 2.28. The molecule has 0 radical (unpaired) electrons. The van der Waals surface area contributed by atoms with Crippen molar-refractivity contribution in [2.75, 3.05) is 10.6 Å². The fourth-order valence-electron chi connectivity index (χ4n) is 3.44. The molecule has 0 bridgehead atoms. The number of rotatable bonds is 4. The van der Waals surface area contributed by atoms with Crippen molar-refractivity contribution in [2.24, 2.45) is 0 Å². The molecule has 32 heavy (non-hydrogen) atoms. The van der Waals surface area contributed by atoms with Gasteiger partial charge in [0.15, 0.2) is 0 Å². The topological polar surface area (TPSA) is 94.2 Å². The van der Waals surface area contributed by atoms with Crippen molar-refractivity contribution in [3.8, 4) is 5.75 Å². The fraction of sp³-hybridized carbons (Fsp3) is 0.154. The molecule has 1 heterocycles. The largest absolute Gasteiger partial charge is 0.508 e. The lowest BCUT2D eigenvalue weighted by molar-refractivity contribution is 0.101. The van der Waals surface area contributed by atoms with Crippen LogP contribution in [-0.4, -0.2) is 21.9 Å². The first kappa shape index (κ1) is 21.2. The van der Waals surface area contributed by atoms with Crippen LogP contribution < -0.4 is 10.6 Å². The maximum atomic E-state index is 12.8. The molecule has 4 N–H and O–H groups in total. The van der Waals surface area contributed by atoms with Gasteiger partial charge in [0, 0.05) is 28.9 Å². The van der Waals surface area contributed by atoms with Gasteiger partial charge in [-0.1, -0.05) is 39.0 Å². The molecular weight excluding hydrogens is 402 g/mol. The number of hydrogen-bond acceptors (Lipinski definition) is 3. The smallest absolute Gasteiger partial charge is 0.255 e. The van der Waals surface area contributed by atoms with Gasteiger partial charge in [0.2, 0.25) is 0 Å². The third-order valence-electron chi connectivity index (χ3n) is 5.33. The molecule has 0 spiro atoms. The van der Waals surface area contributed by atoms with Crippen LogP contribution >= 0.6 is 0 Å². The summed E-state index contributed by atoms with van der Waals surface area (Å²) in [4.78, 5) is 28.7. The highest BCUT2D eigenvalue weighted by atomic mass is 16.3. The van der Waals surface area contributed by atoms with Gasteiger partial charge in [-0.25, -0.2) is 0 Å². The van der Waals surface area contributed by atoms with Gasteiger partial charge in [-0.3, -0.25) is 9.59 Å². The number of aromatic nitrogens is 1. The average molecular weight is 428 g/mol. The molecule has 2 amide bonds. The summed E-state index contributed by atoms with van der Waals surface area (Å²) in [7, 11) is 0. The third-order valence-corrected chi connectivity index (χ3v) is 5.33. The summed E-state index contributed by atoms with van der Waals surface area (Å²) in [6, 6.07) is 19.1. The predicted octanol–water partition coefficient (Wildman–Crippen LogP) is 5.68. The standard InChI is InChI=1S/C26H25N3O3/c1-26(2,3)19-8-6-17(7-9-19)24(31)29-23-15-20(30)10-11-21(23)28-25(32)18-5-4-16-12-13-27-22(16)14-18/h4-15,27,30H,1-3H3,(H,28,32)(H,29,31). The molecule has 0 unspecified atom stereocenters. The Kier molecular flexibility index (Phi) is 5.45. The molecule has 0 aliphatic carbocycles. The van der Waals surface area contributed by atoms with Crippen molar-refractivity contribution in [2.45, 2.75) is 26.2 Å². The number of benzene rings is 3. The van der Waals surface area contributed by atoms with Crippen LogP contribution in [0.4, 0.5) is 11.4 Å². The van der Waals surface area contributed by atoms with Gasteiger partial charge >= 0.3 is 0 Å². The summed E-state index contributed by atoms with van der Waals surface area (Å²) in [6.45, 7) is 6.33. The zero-order chi connectivity index (χ0) is 22.9. The van der Waals surface area contributed by atoms with Crippen molar-refractivity contribution in [1.82, 2.24) is 4.98 Å². The van der Waals surface area contributed by atoms with Crippen LogP contribution in [0.2, 0.25) is 0 Å². The number of anilines is 2. The van der Waals surface area contributed by atoms with E-state index in [2.05, 4.69) is 36.4 Å². The molecule has 6 nitrogen and oxygen atoms in total. The molecule has 0 fully saturated rings. The predicted molar refractivity (Wildman–Crippen MR) is 127 cm³/mol. The van der Waals surface area contributed by atoms with E-state index < -0.39 is 0 Å². The first-order chi connectivity index (χ1) is 15.2. The molecule has 3 aromatic carbocycles. The van der Waals surface area contributed by atoms with E-state index in [-0.39, 0.29) is 23.0 Å². The number of phenolic OH excluding ortho intramolecular Hbond substituents is 1. The number of aromatic hydroxyl groups is 1. The lowest BCUT2D eigenvalue weighted by Crippen LogP contribution is -2.17. The molecule has 0 atom stereocenters. The molecule has 1 aromatic heterocycles. The maximum absolute atomic E-state index is 12.8. The van der Waals surface area contributed by atoms with E-state index in [1.165, 1.54) is 12.1 Å². The SMILES string of the molecule is CC(C)(C)c1ccc(C(=O)Nc2cc(O)ccc2NC(=O)c2ccc3cc[nH]c3c2)cc1. The molecule has 0 saturated carbocycles. The lowest BCUT2D eigenvalue weighted by Gasteiger charge is -2.19. The molecule has 162 valence electrons. The zero-order valence-corrected chi connectivity index (χ0v) is 18.2. The molecule has 6 heteroatoms. The monoisotopic (exact) mass is 427 g/mol. The summed E-state index contributed by atoms with van der Waals surface area (Å²) in [5, 5.41) is 16.5. The third kappa shape index (κ3) is 4.49. The second-order valence-electron chi connectivity index (χ2n) is 8.75.